The fourth-order valence-electron chi connectivity index (χ4n) is 2.75. The summed E-state index contributed by atoms with van der Waals surface area (Å²) in [7, 11) is 0. The molecular weight excluding hydrogens is 288 g/mol. The molecule has 0 saturated heterocycles. The monoisotopic (exact) mass is 310 g/mol. The van der Waals surface area contributed by atoms with Crippen LogP contribution in [-0.2, 0) is 6.54 Å². The quantitative estimate of drug-likeness (QED) is 0.782. The zero-order chi connectivity index (χ0) is 15.5. The van der Waals surface area contributed by atoms with Gasteiger partial charge in [0.15, 0.2) is 0 Å². The Labute approximate surface area is 130 Å². The molecule has 1 aromatic carbocycles. The number of aliphatic hydroxyl groups is 1. The Bertz CT molecular complexity index is 511. The number of hydrogen-bond acceptors (Lipinski definition) is 3. The molecule has 1 aliphatic rings. The molecule has 5 heteroatoms. The van der Waals surface area contributed by atoms with Crippen molar-refractivity contribution in [2.45, 2.75) is 44.8 Å². The highest BCUT2D eigenvalue weighted by Crippen LogP contribution is 2.31. The number of nitrogens with two attached hydrogens (primary N) is 1. The van der Waals surface area contributed by atoms with Crippen molar-refractivity contribution >= 4 is 17.5 Å². The second-order valence-corrected chi connectivity index (χ2v) is 6.59. The summed E-state index contributed by atoms with van der Waals surface area (Å²) in [4.78, 5) is 11.1. The SMILES string of the molecule is CC1CCC(O)(CNCc2ccc(C(N)=O)cc2Cl)CC1. The molecule has 4 nitrogen and oxygen atoms in total. The molecule has 0 spiro atoms. The summed E-state index contributed by atoms with van der Waals surface area (Å²) in [5, 5.41) is 14.3. The Kier molecular flexibility index (Phi) is 5.25. The normalized spacial score (nSPS) is 25.8. The zero-order valence-corrected chi connectivity index (χ0v) is 13.1. The summed E-state index contributed by atoms with van der Waals surface area (Å²) in [6, 6.07) is 5.04. The van der Waals surface area contributed by atoms with Gasteiger partial charge in [0.1, 0.15) is 0 Å². The molecule has 1 fully saturated rings. The van der Waals surface area contributed by atoms with Gasteiger partial charge in [0.05, 0.1) is 5.60 Å². The zero-order valence-electron chi connectivity index (χ0n) is 12.4. The Morgan fingerprint density at radius 3 is 2.71 bits per heavy atom. The van der Waals surface area contributed by atoms with E-state index in [4.69, 9.17) is 17.3 Å². The molecule has 2 rings (SSSR count). The van der Waals surface area contributed by atoms with Crippen molar-refractivity contribution in [3.63, 3.8) is 0 Å². The second-order valence-electron chi connectivity index (χ2n) is 6.18. The second kappa shape index (κ2) is 6.77. The Balaban J connectivity index is 1.87. The van der Waals surface area contributed by atoms with E-state index in [0.717, 1.165) is 31.2 Å². The van der Waals surface area contributed by atoms with Crippen LogP contribution in [0.4, 0.5) is 0 Å². The highest BCUT2D eigenvalue weighted by atomic mass is 35.5. The van der Waals surface area contributed by atoms with E-state index >= 15 is 0 Å². The van der Waals surface area contributed by atoms with E-state index in [0.29, 0.717) is 29.6 Å². The number of carbonyl (C=O) groups excluding carboxylic acids is 1. The molecular formula is C16H23ClN2O2. The van der Waals surface area contributed by atoms with Gasteiger partial charge in [-0.2, -0.15) is 0 Å². The van der Waals surface area contributed by atoms with Gasteiger partial charge in [0, 0.05) is 23.7 Å². The van der Waals surface area contributed by atoms with Crippen LogP contribution in [0.1, 0.15) is 48.5 Å². The van der Waals surface area contributed by atoms with Gasteiger partial charge in [0.25, 0.3) is 0 Å². The molecule has 1 aliphatic carbocycles. The van der Waals surface area contributed by atoms with Gasteiger partial charge in [-0.3, -0.25) is 4.79 Å². The summed E-state index contributed by atoms with van der Waals surface area (Å²) < 4.78 is 0. The smallest absolute Gasteiger partial charge is 0.248 e. The average Bonchev–Trinajstić information content (AvgIpc) is 2.44. The van der Waals surface area contributed by atoms with Crippen molar-refractivity contribution in [3.05, 3.63) is 34.3 Å². The van der Waals surface area contributed by atoms with Crippen LogP contribution < -0.4 is 11.1 Å². The summed E-state index contributed by atoms with van der Waals surface area (Å²) in [6.07, 6.45) is 3.84. The lowest BCUT2D eigenvalue weighted by molar-refractivity contribution is -0.00630. The van der Waals surface area contributed by atoms with Crippen molar-refractivity contribution in [2.24, 2.45) is 11.7 Å². The van der Waals surface area contributed by atoms with Gasteiger partial charge in [-0.15, -0.1) is 0 Å². The van der Waals surface area contributed by atoms with Crippen molar-refractivity contribution in [1.29, 1.82) is 0 Å². The number of amides is 1. The molecule has 4 N–H and O–H groups in total. The summed E-state index contributed by atoms with van der Waals surface area (Å²) in [6.45, 7) is 3.36. The summed E-state index contributed by atoms with van der Waals surface area (Å²) >= 11 is 6.14. The summed E-state index contributed by atoms with van der Waals surface area (Å²) in [5.74, 6) is 0.225. The van der Waals surface area contributed by atoms with Crippen LogP contribution in [0.3, 0.4) is 0 Å². The minimum Gasteiger partial charge on any atom is -0.389 e. The highest BCUT2D eigenvalue weighted by Gasteiger charge is 2.31. The fraction of sp³-hybridized carbons (Fsp3) is 0.562. The molecule has 0 radical (unpaired) electrons. The lowest BCUT2D eigenvalue weighted by Crippen LogP contribution is -2.43. The maximum Gasteiger partial charge on any atom is 0.248 e. The number of benzene rings is 1. The minimum atomic E-state index is -0.605. The maximum atomic E-state index is 11.1. The van der Waals surface area contributed by atoms with E-state index in [2.05, 4.69) is 12.2 Å². The van der Waals surface area contributed by atoms with Gasteiger partial charge in [-0.25, -0.2) is 0 Å². The Morgan fingerprint density at radius 2 is 2.14 bits per heavy atom. The van der Waals surface area contributed by atoms with Crippen molar-refractivity contribution < 1.29 is 9.90 Å². The van der Waals surface area contributed by atoms with Crippen LogP contribution in [0.25, 0.3) is 0 Å². The van der Waals surface area contributed by atoms with Gasteiger partial charge in [0.2, 0.25) is 5.91 Å². The molecule has 0 aliphatic heterocycles. The standard InChI is InChI=1S/C16H23ClN2O2/c1-11-4-6-16(21,7-5-11)10-19-9-13-3-2-12(15(18)20)8-14(13)17/h2-3,8,11,19,21H,4-7,9-10H2,1H3,(H2,18,20). The first-order valence-corrected chi connectivity index (χ1v) is 7.79. The number of carbonyl (C=O) groups is 1. The number of rotatable bonds is 5. The molecule has 0 heterocycles. The lowest BCUT2D eigenvalue weighted by atomic mass is 9.79. The molecule has 0 bridgehead atoms. The van der Waals surface area contributed by atoms with Crippen molar-refractivity contribution in [2.75, 3.05) is 6.54 Å². The predicted octanol–water partition coefficient (Wildman–Crippen LogP) is 2.47. The first-order valence-electron chi connectivity index (χ1n) is 7.41. The molecule has 1 amide bonds. The van der Waals surface area contributed by atoms with Crippen molar-refractivity contribution in [1.82, 2.24) is 5.32 Å². The van der Waals surface area contributed by atoms with Crippen LogP contribution >= 0.6 is 11.6 Å². The van der Waals surface area contributed by atoms with Crippen LogP contribution in [0.2, 0.25) is 5.02 Å². The first-order chi connectivity index (χ1) is 9.89. The third kappa shape index (κ3) is 4.43. The lowest BCUT2D eigenvalue weighted by Gasteiger charge is -2.35. The third-order valence-electron chi connectivity index (χ3n) is 4.31. The van der Waals surface area contributed by atoms with E-state index < -0.39 is 11.5 Å². The van der Waals surface area contributed by atoms with Crippen LogP contribution in [-0.4, -0.2) is 23.2 Å². The molecule has 0 unspecified atom stereocenters. The van der Waals surface area contributed by atoms with Gasteiger partial charge >= 0.3 is 0 Å². The molecule has 1 saturated carbocycles. The molecule has 116 valence electrons. The Morgan fingerprint density at radius 1 is 1.48 bits per heavy atom. The van der Waals surface area contributed by atoms with E-state index in [1.807, 2.05) is 0 Å². The van der Waals surface area contributed by atoms with Crippen molar-refractivity contribution in [3.8, 4) is 0 Å². The largest absolute Gasteiger partial charge is 0.389 e. The van der Waals surface area contributed by atoms with E-state index in [9.17, 15) is 9.90 Å². The molecule has 0 atom stereocenters. The Hall–Kier alpha value is -1.10. The van der Waals surface area contributed by atoms with E-state index in [-0.39, 0.29) is 0 Å². The van der Waals surface area contributed by atoms with Crippen LogP contribution in [0.5, 0.6) is 0 Å². The van der Waals surface area contributed by atoms with E-state index in [1.54, 1.807) is 18.2 Å². The molecule has 1 aromatic rings. The summed E-state index contributed by atoms with van der Waals surface area (Å²) in [5.41, 5.74) is 5.91. The third-order valence-corrected chi connectivity index (χ3v) is 4.66. The van der Waals surface area contributed by atoms with Gasteiger partial charge in [-0.05, 0) is 49.3 Å². The van der Waals surface area contributed by atoms with Gasteiger partial charge < -0.3 is 16.2 Å². The van der Waals surface area contributed by atoms with E-state index in [1.165, 1.54) is 0 Å². The number of primary amides is 1. The van der Waals surface area contributed by atoms with Crippen LogP contribution in [0, 0.1) is 5.92 Å². The number of hydrogen-bond donors (Lipinski definition) is 3. The molecule has 21 heavy (non-hydrogen) atoms. The fourth-order valence-corrected chi connectivity index (χ4v) is 3.00. The topological polar surface area (TPSA) is 75.3 Å². The number of halogens is 1. The van der Waals surface area contributed by atoms with Crippen LogP contribution in [0.15, 0.2) is 18.2 Å². The van der Waals surface area contributed by atoms with Gasteiger partial charge in [-0.1, -0.05) is 24.6 Å². The first kappa shape index (κ1) is 16.3. The number of nitrogens with one attached hydrogen (secondary N) is 1. The average molecular weight is 311 g/mol. The maximum absolute atomic E-state index is 11.1. The molecule has 0 aromatic heterocycles. The highest BCUT2D eigenvalue weighted by molar-refractivity contribution is 6.31. The minimum absolute atomic E-state index is 0.406. The predicted molar refractivity (Wildman–Crippen MR) is 84.3 cm³/mol.